The molecule has 0 spiro atoms. The number of piperazine rings is 1. The van der Waals surface area contributed by atoms with E-state index in [1.807, 2.05) is 19.1 Å². The molecule has 0 saturated carbocycles. The second-order valence-corrected chi connectivity index (χ2v) is 4.96. The number of hydrogen-bond acceptors (Lipinski definition) is 3. The van der Waals surface area contributed by atoms with Gasteiger partial charge in [-0.1, -0.05) is 24.3 Å². The molecule has 1 aliphatic heterocycles. The van der Waals surface area contributed by atoms with Crippen LogP contribution in [0.15, 0.2) is 24.3 Å². The predicted octanol–water partition coefficient (Wildman–Crippen LogP) is 1.57. The largest absolute Gasteiger partial charge is 0.390 e. The van der Waals surface area contributed by atoms with Crippen molar-refractivity contribution >= 4 is 0 Å². The van der Waals surface area contributed by atoms with E-state index in [0.29, 0.717) is 31.7 Å². The lowest BCUT2D eigenvalue weighted by Crippen LogP contribution is -2.51. The van der Waals surface area contributed by atoms with E-state index >= 15 is 0 Å². The van der Waals surface area contributed by atoms with Crippen LogP contribution in [0.2, 0.25) is 0 Å². The molecular weight excluding hydrogens is 250 g/mol. The zero-order valence-electron chi connectivity index (χ0n) is 11.1. The third-order valence-electron chi connectivity index (χ3n) is 3.61. The van der Waals surface area contributed by atoms with Crippen LogP contribution < -0.4 is 5.32 Å². The summed E-state index contributed by atoms with van der Waals surface area (Å²) >= 11 is 0. The van der Waals surface area contributed by atoms with Crippen LogP contribution in [0.5, 0.6) is 0 Å². The summed E-state index contributed by atoms with van der Waals surface area (Å²) in [4.78, 5) is 1.76. The van der Waals surface area contributed by atoms with Crippen LogP contribution >= 0.6 is 0 Å². The van der Waals surface area contributed by atoms with Gasteiger partial charge in [0.2, 0.25) is 0 Å². The summed E-state index contributed by atoms with van der Waals surface area (Å²) in [5.74, 6) is -3.14. The van der Waals surface area contributed by atoms with Gasteiger partial charge in [0.1, 0.15) is 12.6 Å². The van der Waals surface area contributed by atoms with Crippen molar-refractivity contribution in [2.24, 2.45) is 0 Å². The Balaban J connectivity index is 2.36. The number of hydrogen-bond donors (Lipinski definition) is 2. The third kappa shape index (κ3) is 3.11. The van der Waals surface area contributed by atoms with Crippen molar-refractivity contribution in [1.82, 2.24) is 10.2 Å². The number of aryl methyl sites for hydroxylation is 1. The number of halogens is 2. The molecule has 1 aliphatic rings. The number of nitrogens with zero attached hydrogens (tertiary/aromatic N) is 1. The molecule has 3 nitrogen and oxygen atoms in total. The summed E-state index contributed by atoms with van der Waals surface area (Å²) in [7, 11) is 0. The van der Waals surface area contributed by atoms with Gasteiger partial charge in [0, 0.05) is 26.2 Å². The van der Waals surface area contributed by atoms with E-state index < -0.39 is 18.6 Å². The minimum atomic E-state index is -3.14. The molecule has 1 heterocycles. The second-order valence-electron chi connectivity index (χ2n) is 4.96. The van der Waals surface area contributed by atoms with Crippen LogP contribution in [-0.4, -0.2) is 48.7 Å². The zero-order valence-corrected chi connectivity index (χ0v) is 11.1. The van der Waals surface area contributed by atoms with E-state index in [0.717, 1.165) is 5.56 Å². The van der Waals surface area contributed by atoms with Crippen LogP contribution in [0.25, 0.3) is 0 Å². The first-order chi connectivity index (χ1) is 9.06. The van der Waals surface area contributed by atoms with Crippen molar-refractivity contribution in [3.63, 3.8) is 0 Å². The van der Waals surface area contributed by atoms with Crippen molar-refractivity contribution < 1.29 is 13.9 Å². The van der Waals surface area contributed by atoms with E-state index in [-0.39, 0.29) is 0 Å². The van der Waals surface area contributed by atoms with Gasteiger partial charge in [0.05, 0.1) is 0 Å². The number of aliphatic hydroxyl groups is 1. The van der Waals surface area contributed by atoms with E-state index in [1.165, 1.54) is 0 Å². The van der Waals surface area contributed by atoms with Crippen LogP contribution in [-0.2, 0) is 0 Å². The summed E-state index contributed by atoms with van der Waals surface area (Å²) < 4.78 is 28.3. The molecule has 1 aromatic carbocycles. The molecule has 2 N–H and O–H groups in total. The van der Waals surface area contributed by atoms with Crippen molar-refractivity contribution in [2.45, 2.75) is 18.9 Å². The molecular formula is C14H20F2N2O. The number of alkyl halides is 2. The SMILES string of the molecule is Cc1ccccc1[C@@H](N1CCNCC1)C(F)(F)CO. The summed E-state index contributed by atoms with van der Waals surface area (Å²) in [6.45, 7) is 3.23. The molecule has 1 saturated heterocycles. The smallest absolute Gasteiger partial charge is 0.289 e. The summed E-state index contributed by atoms with van der Waals surface area (Å²) in [6, 6.07) is 6.11. The molecule has 106 valence electrons. The van der Waals surface area contributed by atoms with Crippen LogP contribution in [0.4, 0.5) is 8.78 Å². The highest BCUT2D eigenvalue weighted by Crippen LogP contribution is 2.37. The van der Waals surface area contributed by atoms with Gasteiger partial charge in [-0.05, 0) is 18.1 Å². The highest BCUT2D eigenvalue weighted by molar-refractivity contribution is 5.30. The van der Waals surface area contributed by atoms with Gasteiger partial charge in [-0.25, -0.2) is 8.78 Å². The number of nitrogens with one attached hydrogen (secondary N) is 1. The van der Waals surface area contributed by atoms with Gasteiger partial charge in [0.15, 0.2) is 0 Å². The predicted molar refractivity (Wildman–Crippen MR) is 70.4 cm³/mol. The molecule has 0 unspecified atom stereocenters. The second kappa shape index (κ2) is 5.94. The van der Waals surface area contributed by atoms with Gasteiger partial charge in [-0.2, -0.15) is 0 Å². The van der Waals surface area contributed by atoms with Crippen LogP contribution in [0.3, 0.4) is 0 Å². The maximum atomic E-state index is 14.2. The molecule has 0 aromatic heterocycles. The Morgan fingerprint density at radius 3 is 2.53 bits per heavy atom. The molecule has 0 aliphatic carbocycles. The highest BCUT2D eigenvalue weighted by atomic mass is 19.3. The van der Waals surface area contributed by atoms with Gasteiger partial charge in [0.25, 0.3) is 5.92 Å². The van der Waals surface area contributed by atoms with Crippen molar-refractivity contribution in [3.05, 3.63) is 35.4 Å². The minimum absolute atomic E-state index is 0.564. The Kier molecular flexibility index (Phi) is 4.50. The first kappa shape index (κ1) is 14.4. The first-order valence-corrected chi connectivity index (χ1v) is 6.55. The zero-order chi connectivity index (χ0) is 13.9. The Bertz CT molecular complexity index is 420. The number of rotatable bonds is 4. The normalized spacial score (nSPS) is 19.4. The van der Waals surface area contributed by atoms with E-state index in [1.54, 1.807) is 17.0 Å². The fourth-order valence-corrected chi connectivity index (χ4v) is 2.61. The topological polar surface area (TPSA) is 35.5 Å². The molecule has 1 fully saturated rings. The Hall–Kier alpha value is -1.04. The monoisotopic (exact) mass is 270 g/mol. The Labute approximate surface area is 112 Å². The quantitative estimate of drug-likeness (QED) is 0.872. The lowest BCUT2D eigenvalue weighted by molar-refractivity contribution is -0.118. The van der Waals surface area contributed by atoms with E-state index in [4.69, 9.17) is 5.11 Å². The first-order valence-electron chi connectivity index (χ1n) is 6.55. The minimum Gasteiger partial charge on any atom is -0.390 e. The Morgan fingerprint density at radius 1 is 1.32 bits per heavy atom. The molecule has 0 bridgehead atoms. The maximum absolute atomic E-state index is 14.2. The van der Waals surface area contributed by atoms with E-state index in [2.05, 4.69) is 5.32 Å². The van der Waals surface area contributed by atoms with Gasteiger partial charge >= 0.3 is 0 Å². The van der Waals surface area contributed by atoms with Crippen molar-refractivity contribution in [2.75, 3.05) is 32.8 Å². The fourth-order valence-electron chi connectivity index (χ4n) is 2.61. The van der Waals surface area contributed by atoms with Crippen molar-refractivity contribution in [1.29, 1.82) is 0 Å². The number of aliphatic hydroxyl groups excluding tert-OH is 1. The molecule has 5 heteroatoms. The summed E-state index contributed by atoms with van der Waals surface area (Å²) in [6.07, 6.45) is 0. The summed E-state index contributed by atoms with van der Waals surface area (Å²) in [5.41, 5.74) is 1.43. The molecule has 19 heavy (non-hydrogen) atoms. The summed E-state index contributed by atoms with van der Waals surface area (Å²) in [5, 5.41) is 12.2. The standard InChI is InChI=1S/C14H20F2N2O/c1-11-4-2-3-5-12(11)13(14(15,16)10-19)18-8-6-17-7-9-18/h2-5,13,17,19H,6-10H2,1H3/t13-/m1/s1. The lowest BCUT2D eigenvalue weighted by atomic mass is 9.94. The average Bonchev–Trinajstić information content (AvgIpc) is 2.42. The van der Waals surface area contributed by atoms with Gasteiger partial charge in [-0.3, -0.25) is 4.90 Å². The lowest BCUT2D eigenvalue weighted by Gasteiger charge is -2.39. The molecule has 0 amide bonds. The molecule has 0 radical (unpaired) electrons. The van der Waals surface area contributed by atoms with Crippen LogP contribution in [0, 0.1) is 6.92 Å². The Morgan fingerprint density at radius 2 is 1.95 bits per heavy atom. The average molecular weight is 270 g/mol. The maximum Gasteiger partial charge on any atom is 0.289 e. The fraction of sp³-hybridized carbons (Fsp3) is 0.571. The molecule has 1 atom stereocenters. The van der Waals surface area contributed by atoms with E-state index in [9.17, 15) is 8.78 Å². The van der Waals surface area contributed by atoms with Gasteiger partial charge < -0.3 is 10.4 Å². The number of benzene rings is 1. The van der Waals surface area contributed by atoms with Gasteiger partial charge in [-0.15, -0.1) is 0 Å². The molecule has 1 aromatic rings. The molecule has 2 rings (SSSR count). The highest BCUT2D eigenvalue weighted by Gasteiger charge is 2.44. The third-order valence-corrected chi connectivity index (χ3v) is 3.61. The van der Waals surface area contributed by atoms with Crippen molar-refractivity contribution in [3.8, 4) is 0 Å². The van der Waals surface area contributed by atoms with Crippen LogP contribution in [0.1, 0.15) is 17.2 Å².